The van der Waals surface area contributed by atoms with Crippen molar-refractivity contribution in [3.8, 4) is 0 Å². The molecule has 0 aromatic carbocycles. The summed E-state index contributed by atoms with van der Waals surface area (Å²) in [5.74, 6) is 1.53. The first-order valence-electron chi connectivity index (χ1n) is 7.23. The number of rotatable bonds is 5. The molecule has 112 valence electrons. The molecule has 3 N–H and O–H groups in total. The number of nitrogen functional groups attached to an aromatic ring is 1. The van der Waals surface area contributed by atoms with Crippen LogP contribution >= 0.6 is 0 Å². The Kier molecular flexibility index (Phi) is 4.94. The number of piperidine rings is 1. The Hall–Kier alpha value is -1.63. The molecule has 0 aliphatic carbocycles. The van der Waals surface area contributed by atoms with Crippen molar-refractivity contribution in [2.45, 2.75) is 32.2 Å². The average molecular weight is 279 g/mol. The van der Waals surface area contributed by atoms with Gasteiger partial charge in [-0.05, 0) is 40.3 Å². The molecule has 1 unspecified atom stereocenters. The molecule has 1 atom stereocenters. The Labute approximate surface area is 120 Å². The van der Waals surface area contributed by atoms with E-state index in [9.17, 15) is 0 Å². The van der Waals surface area contributed by atoms with Crippen molar-refractivity contribution >= 4 is 17.8 Å². The van der Waals surface area contributed by atoms with Gasteiger partial charge in [0.2, 0.25) is 17.8 Å². The minimum Gasteiger partial charge on any atom is -0.368 e. The maximum atomic E-state index is 5.79. The predicted molar refractivity (Wildman–Crippen MR) is 81.9 cm³/mol. The van der Waals surface area contributed by atoms with E-state index in [1.807, 2.05) is 14.1 Å². The molecule has 1 fully saturated rings. The SMILES string of the molecule is CC(CNc1nc(N)nc(N2CCCCC2)n1)N(C)C. The molecule has 1 aromatic heterocycles. The molecule has 1 saturated heterocycles. The van der Waals surface area contributed by atoms with Gasteiger partial charge < -0.3 is 20.9 Å². The van der Waals surface area contributed by atoms with Gasteiger partial charge in [0.15, 0.2) is 0 Å². The minimum atomic E-state index is 0.278. The number of anilines is 3. The molecule has 0 bridgehead atoms. The lowest BCUT2D eigenvalue weighted by Crippen LogP contribution is -2.33. The summed E-state index contributed by atoms with van der Waals surface area (Å²) in [6.45, 7) is 4.91. The maximum absolute atomic E-state index is 5.79. The molecule has 0 radical (unpaired) electrons. The fourth-order valence-corrected chi connectivity index (χ4v) is 2.12. The molecule has 1 aromatic rings. The van der Waals surface area contributed by atoms with Crippen LogP contribution in [-0.4, -0.2) is 59.6 Å². The summed E-state index contributed by atoms with van der Waals surface area (Å²) in [5.41, 5.74) is 5.79. The maximum Gasteiger partial charge on any atom is 0.231 e. The number of hydrogen-bond acceptors (Lipinski definition) is 7. The smallest absolute Gasteiger partial charge is 0.231 e. The van der Waals surface area contributed by atoms with E-state index in [0.29, 0.717) is 17.9 Å². The zero-order valence-electron chi connectivity index (χ0n) is 12.6. The van der Waals surface area contributed by atoms with E-state index in [0.717, 1.165) is 19.6 Å². The Balaban J connectivity index is 2.04. The van der Waals surface area contributed by atoms with E-state index in [2.05, 4.69) is 37.0 Å². The van der Waals surface area contributed by atoms with Crippen LogP contribution in [0.3, 0.4) is 0 Å². The van der Waals surface area contributed by atoms with Crippen LogP contribution in [0.5, 0.6) is 0 Å². The van der Waals surface area contributed by atoms with E-state index in [1.165, 1.54) is 19.3 Å². The van der Waals surface area contributed by atoms with Crippen LogP contribution in [-0.2, 0) is 0 Å². The highest BCUT2D eigenvalue weighted by Gasteiger charge is 2.15. The normalized spacial score (nSPS) is 17.3. The summed E-state index contributed by atoms with van der Waals surface area (Å²) >= 11 is 0. The van der Waals surface area contributed by atoms with Crippen LogP contribution < -0.4 is 16.0 Å². The second kappa shape index (κ2) is 6.69. The van der Waals surface area contributed by atoms with Crippen LogP contribution in [0.2, 0.25) is 0 Å². The summed E-state index contributed by atoms with van der Waals surface area (Å²) in [7, 11) is 4.10. The van der Waals surface area contributed by atoms with Gasteiger partial charge >= 0.3 is 0 Å². The van der Waals surface area contributed by atoms with E-state index in [-0.39, 0.29) is 5.95 Å². The topological polar surface area (TPSA) is 83.2 Å². The first kappa shape index (κ1) is 14.8. The van der Waals surface area contributed by atoms with Crippen molar-refractivity contribution in [2.24, 2.45) is 0 Å². The Morgan fingerprint density at radius 3 is 2.55 bits per heavy atom. The average Bonchev–Trinajstić information content (AvgIpc) is 2.45. The van der Waals surface area contributed by atoms with Crippen LogP contribution in [0, 0.1) is 0 Å². The van der Waals surface area contributed by atoms with E-state index < -0.39 is 0 Å². The largest absolute Gasteiger partial charge is 0.368 e. The van der Waals surface area contributed by atoms with Gasteiger partial charge in [0.1, 0.15) is 0 Å². The highest BCUT2D eigenvalue weighted by Crippen LogP contribution is 2.17. The third-order valence-corrected chi connectivity index (χ3v) is 3.72. The zero-order valence-corrected chi connectivity index (χ0v) is 12.6. The van der Waals surface area contributed by atoms with Gasteiger partial charge in [-0.15, -0.1) is 0 Å². The number of nitrogens with zero attached hydrogens (tertiary/aromatic N) is 5. The standard InChI is InChI=1S/C13H25N7/c1-10(19(2)3)9-15-12-16-11(14)17-13(18-12)20-7-5-4-6-8-20/h10H,4-9H2,1-3H3,(H3,14,15,16,17,18). The highest BCUT2D eigenvalue weighted by atomic mass is 15.3. The fourth-order valence-electron chi connectivity index (χ4n) is 2.12. The van der Waals surface area contributed by atoms with Gasteiger partial charge in [-0.2, -0.15) is 15.0 Å². The van der Waals surface area contributed by atoms with Crippen LogP contribution in [0.1, 0.15) is 26.2 Å². The number of aromatic nitrogens is 3. The molecule has 7 nitrogen and oxygen atoms in total. The first-order chi connectivity index (χ1) is 9.56. The van der Waals surface area contributed by atoms with E-state index >= 15 is 0 Å². The lowest BCUT2D eigenvalue weighted by Gasteiger charge is -2.27. The first-order valence-corrected chi connectivity index (χ1v) is 7.23. The van der Waals surface area contributed by atoms with Crippen molar-refractivity contribution in [3.05, 3.63) is 0 Å². The molecule has 0 amide bonds. The van der Waals surface area contributed by atoms with Crippen molar-refractivity contribution in [2.75, 3.05) is 49.7 Å². The molecule has 2 heterocycles. The third-order valence-electron chi connectivity index (χ3n) is 3.72. The lowest BCUT2D eigenvalue weighted by atomic mass is 10.1. The molecular formula is C13H25N7. The van der Waals surface area contributed by atoms with Crippen molar-refractivity contribution in [1.82, 2.24) is 19.9 Å². The summed E-state index contributed by atoms with van der Waals surface area (Å²) in [6.07, 6.45) is 3.65. The number of nitrogens with two attached hydrogens (primary N) is 1. The van der Waals surface area contributed by atoms with E-state index in [4.69, 9.17) is 5.73 Å². The highest BCUT2D eigenvalue weighted by molar-refractivity contribution is 5.42. The van der Waals surface area contributed by atoms with Gasteiger partial charge in [0.25, 0.3) is 0 Å². The summed E-state index contributed by atoms with van der Waals surface area (Å²) in [4.78, 5) is 17.2. The van der Waals surface area contributed by atoms with Crippen molar-refractivity contribution < 1.29 is 0 Å². The second-order valence-corrected chi connectivity index (χ2v) is 5.56. The molecule has 2 rings (SSSR count). The number of likely N-dealkylation sites (N-methyl/N-ethyl adjacent to an activating group) is 1. The molecule has 1 aliphatic rings. The summed E-state index contributed by atoms with van der Waals surface area (Å²) in [5, 5.41) is 3.24. The molecular weight excluding hydrogens is 254 g/mol. The molecule has 7 heteroatoms. The van der Waals surface area contributed by atoms with Gasteiger partial charge in [-0.1, -0.05) is 0 Å². The summed E-state index contributed by atoms with van der Waals surface area (Å²) in [6, 6.07) is 0.395. The lowest BCUT2D eigenvalue weighted by molar-refractivity contribution is 0.325. The van der Waals surface area contributed by atoms with Crippen molar-refractivity contribution in [1.29, 1.82) is 0 Å². The molecule has 0 saturated carbocycles. The number of nitrogens with one attached hydrogen (secondary N) is 1. The monoisotopic (exact) mass is 279 g/mol. The third kappa shape index (κ3) is 3.93. The molecule has 1 aliphatic heterocycles. The van der Waals surface area contributed by atoms with Crippen LogP contribution in [0.15, 0.2) is 0 Å². The quantitative estimate of drug-likeness (QED) is 0.825. The van der Waals surface area contributed by atoms with Gasteiger partial charge in [0.05, 0.1) is 0 Å². The van der Waals surface area contributed by atoms with Crippen molar-refractivity contribution in [3.63, 3.8) is 0 Å². The Morgan fingerprint density at radius 1 is 1.20 bits per heavy atom. The summed E-state index contributed by atoms with van der Waals surface area (Å²) < 4.78 is 0. The molecule has 0 spiro atoms. The van der Waals surface area contributed by atoms with Crippen LogP contribution in [0.25, 0.3) is 0 Å². The second-order valence-electron chi connectivity index (χ2n) is 5.56. The zero-order chi connectivity index (χ0) is 14.5. The van der Waals surface area contributed by atoms with Crippen LogP contribution in [0.4, 0.5) is 17.8 Å². The predicted octanol–water partition coefficient (Wildman–Crippen LogP) is 0.806. The van der Waals surface area contributed by atoms with Gasteiger partial charge in [0, 0.05) is 25.7 Å². The Bertz CT molecular complexity index is 429. The van der Waals surface area contributed by atoms with E-state index in [1.54, 1.807) is 0 Å². The minimum absolute atomic E-state index is 0.278. The number of hydrogen-bond donors (Lipinski definition) is 2. The Morgan fingerprint density at radius 2 is 1.90 bits per heavy atom. The molecule has 20 heavy (non-hydrogen) atoms. The fraction of sp³-hybridized carbons (Fsp3) is 0.769. The van der Waals surface area contributed by atoms with Gasteiger partial charge in [-0.25, -0.2) is 0 Å². The van der Waals surface area contributed by atoms with Gasteiger partial charge in [-0.3, -0.25) is 0 Å².